The van der Waals surface area contributed by atoms with Gasteiger partial charge in [-0.15, -0.1) is 0 Å². The van der Waals surface area contributed by atoms with Crippen LogP contribution in [0.5, 0.6) is 0 Å². The molecule has 0 fully saturated rings. The van der Waals surface area contributed by atoms with Crippen LogP contribution in [0.4, 0.5) is 0 Å². The Hall–Kier alpha value is -1.46. The van der Waals surface area contributed by atoms with Crippen LogP contribution in [0.2, 0.25) is 0 Å². The average molecular weight is 242 g/mol. The Morgan fingerprint density at radius 2 is 1.59 bits per heavy atom. The van der Waals surface area contributed by atoms with Crippen molar-refractivity contribution in [3.05, 3.63) is 0 Å². The Labute approximate surface area is 104 Å². The van der Waals surface area contributed by atoms with E-state index in [2.05, 4.69) is 16.9 Å². The molecule has 6 heteroatoms. The lowest BCUT2D eigenvalue weighted by molar-refractivity contribution is 0.516. The molecule has 0 spiro atoms. The van der Waals surface area contributed by atoms with Crippen molar-refractivity contribution in [1.29, 1.82) is 0 Å². The van der Waals surface area contributed by atoms with Gasteiger partial charge in [-0.1, -0.05) is 19.8 Å². The first-order valence-corrected chi connectivity index (χ1v) is 6.20. The van der Waals surface area contributed by atoms with E-state index < -0.39 is 0 Å². The van der Waals surface area contributed by atoms with Crippen molar-refractivity contribution in [3.63, 3.8) is 0 Å². The standard InChI is InChI=1S/C11H26N6/c1-2-3-6-9(17-11(14)15)7-4-5-8-16-10(12)13/h9H,2-8H2,1H3,(H4,12,13,16)(H4,14,15,17). The molecule has 0 amide bonds. The molecule has 0 aromatic carbocycles. The molecule has 0 aromatic rings. The van der Waals surface area contributed by atoms with Crippen molar-refractivity contribution in [2.45, 2.75) is 51.5 Å². The molecule has 0 saturated carbocycles. The minimum Gasteiger partial charge on any atom is -0.370 e. The van der Waals surface area contributed by atoms with Crippen LogP contribution in [0.1, 0.15) is 45.4 Å². The van der Waals surface area contributed by atoms with Gasteiger partial charge >= 0.3 is 0 Å². The fourth-order valence-electron chi connectivity index (χ4n) is 1.62. The molecule has 0 bridgehead atoms. The van der Waals surface area contributed by atoms with E-state index in [1.807, 2.05) is 0 Å². The van der Waals surface area contributed by atoms with Crippen LogP contribution in [-0.2, 0) is 0 Å². The van der Waals surface area contributed by atoms with Crippen molar-refractivity contribution in [3.8, 4) is 0 Å². The molecule has 0 aromatic heterocycles. The Bertz CT molecular complexity index is 240. The van der Waals surface area contributed by atoms with Gasteiger partial charge in [-0.3, -0.25) is 9.98 Å². The van der Waals surface area contributed by atoms with Gasteiger partial charge < -0.3 is 22.9 Å². The van der Waals surface area contributed by atoms with Crippen LogP contribution in [0.25, 0.3) is 0 Å². The molecule has 8 N–H and O–H groups in total. The highest BCUT2D eigenvalue weighted by Crippen LogP contribution is 2.12. The van der Waals surface area contributed by atoms with Gasteiger partial charge in [0, 0.05) is 6.54 Å². The fraction of sp³-hybridized carbons (Fsp3) is 0.818. The summed E-state index contributed by atoms with van der Waals surface area (Å²) in [7, 11) is 0. The molecule has 0 aliphatic rings. The Morgan fingerprint density at radius 3 is 2.12 bits per heavy atom. The van der Waals surface area contributed by atoms with Crippen molar-refractivity contribution in [2.75, 3.05) is 6.54 Å². The molecule has 0 aliphatic heterocycles. The quantitative estimate of drug-likeness (QED) is 0.262. The van der Waals surface area contributed by atoms with Crippen molar-refractivity contribution < 1.29 is 0 Å². The van der Waals surface area contributed by atoms with E-state index >= 15 is 0 Å². The van der Waals surface area contributed by atoms with Gasteiger partial charge in [0.2, 0.25) is 0 Å². The van der Waals surface area contributed by atoms with Crippen LogP contribution >= 0.6 is 0 Å². The largest absolute Gasteiger partial charge is 0.370 e. The fourth-order valence-corrected chi connectivity index (χ4v) is 1.62. The minimum absolute atomic E-state index is 0.150. The second-order valence-electron chi connectivity index (χ2n) is 4.15. The lowest BCUT2D eigenvalue weighted by atomic mass is 10.0. The second kappa shape index (κ2) is 9.74. The van der Waals surface area contributed by atoms with E-state index in [1.54, 1.807) is 0 Å². The first kappa shape index (κ1) is 15.5. The summed E-state index contributed by atoms with van der Waals surface area (Å²) >= 11 is 0. The molecule has 6 nitrogen and oxygen atoms in total. The Kier molecular flexibility index (Phi) is 8.91. The number of rotatable bonds is 9. The molecule has 0 radical (unpaired) electrons. The predicted octanol–water partition coefficient (Wildman–Crippen LogP) is 0.262. The zero-order chi connectivity index (χ0) is 13.1. The second-order valence-corrected chi connectivity index (χ2v) is 4.15. The summed E-state index contributed by atoms with van der Waals surface area (Å²) in [6.07, 6.45) is 6.32. The van der Waals surface area contributed by atoms with Gasteiger partial charge in [0.1, 0.15) is 0 Å². The van der Waals surface area contributed by atoms with Gasteiger partial charge in [-0.05, 0) is 25.7 Å². The molecule has 0 saturated heterocycles. The summed E-state index contributed by atoms with van der Waals surface area (Å²) in [6, 6.07) is 0.235. The normalized spacial score (nSPS) is 11.8. The molecule has 0 rings (SSSR count). The number of hydrogen-bond donors (Lipinski definition) is 4. The molecule has 1 atom stereocenters. The maximum atomic E-state index is 5.41. The van der Waals surface area contributed by atoms with Gasteiger partial charge in [-0.25, -0.2) is 0 Å². The van der Waals surface area contributed by atoms with E-state index in [9.17, 15) is 0 Å². The smallest absolute Gasteiger partial charge is 0.186 e. The van der Waals surface area contributed by atoms with Crippen LogP contribution in [0, 0.1) is 0 Å². The lowest BCUT2D eigenvalue weighted by Gasteiger charge is -2.11. The third-order valence-electron chi connectivity index (χ3n) is 2.46. The molecule has 100 valence electrons. The van der Waals surface area contributed by atoms with E-state index in [4.69, 9.17) is 22.9 Å². The molecular formula is C11H26N6. The molecule has 0 aliphatic carbocycles. The SMILES string of the molecule is CCCCC(CCCCN=C(N)N)N=C(N)N. The maximum absolute atomic E-state index is 5.41. The Morgan fingerprint density at radius 1 is 0.941 bits per heavy atom. The third-order valence-corrected chi connectivity index (χ3v) is 2.46. The van der Waals surface area contributed by atoms with Crippen molar-refractivity contribution in [1.82, 2.24) is 0 Å². The minimum atomic E-state index is 0.150. The Balaban J connectivity index is 3.83. The van der Waals surface area contributed by atoms with Gasteiger partial charge in [-0.2, -0.15) is 0 Å². The lowest BCUT2D eigenvalue weighted by Crippen LogP contribution is -2.25. The van der Waals surface area contributed by atoms with Crippen molar-refractivity contribution >= 4 is 11.9 Å². The molecule has 1 unspecified atom stereocenters. The highest BCUT2D eigenvalue weighted by Gasteiger charge is 2.06. The van der Waals surface area contributed by atoms with Crippen molar-refractivity contribution in [2.24, 2.45) is 32.9 Å². The van der Waals surface area contributed by atoms with Gasteiger partial charge in [0.25, 0.3) is 0 Å². The van der Waals surface area contributed by atoms with Gasteiger partial charge in [0.15, 0.2) is 11.9 Å². The van der Waals surface area contributed by atoms with E-state index in [0.717, 1.165) is 38.5 Å². The highest BCUT2D eigenvalue weighted by atomic mass is 15.0. The number of nitrogens with zero attached hydrogens (tertiary/aromatic N) is 2. The molecule has 17 heavy (non-hydrogen) atoms. The molecule has 0 heterocycles. The molecular weight excluding hydrogens is 216 g/mol. The average Bonchev–Trinajstić information content (AvgIpc) is 2.23. The monoisotopic (exact) mass is 242 g/mol. The summed E-state index contributed by atoms with van der Waals surface area (Å²) in [5.74, 6) is 0.326. The summed E-state index contributed by atoms with van der Waals surface area (Å²) in [5, 5.41) is 0. The summed E-state index contributed by atoms with van der Waals surface area (Å²) < 4.78 is 0. The first-order chi connectivity index (χ1) is 8.06. The zero-order valence-electron chi connectivity index (χ0n) is 10.7. The van der Waals surface area contributed by atoms with Crippen LogP contribution < -0.4 is 22.9 Å². The summed E-state index contributed by atoms with van der Waals surface area (Å²) in [6.45, 7) is 2.83. The van der Waals surface area contributed by atoms with E-state index in [0.29, 0.717) is 6.54 Å². The number of unbranched alkanes of at least 4 members (excludes halogenated alkanes) is 2. The number of aliphatic imine (C=N–C) groups is 2. The number of hydrogen-bond acceptors (Lipinski definition) is 2. The van der Waals surface area contributed by atoms with E-state index in [1.165, 1.54) is 0 Å². The van der Waals surface area contributed by atoms with Crippen LogP contribution in [-0.4, -0.2) is 24.5 Å². The van der Waals surface area contributed by atoms with E-state index in [-0.39, 0.29) is 18.0 Å². The highest BCUT2D eigenvalue weighted by molar-refractivity contribution is 5.76. The third kappa shape index (κ3) is 10.8. The summed E-state index contributed by atoms with van der Waals surface area (Å²) in [4.78, 5) is 8.17. The zero-order valence-corrected chi connectivity index (χ0v) is 10.7. The first-order valence-electron chi connectivity index (χ1n) is 6.20. The van der Waals surface area contributed by atoms with Gasteiger partial charge in [0.05, 0.1) is 6.04 Å². The topological polar surface area (TPSA) is 129 Å². The van der Waals surface area contributed by atoms with Crippen LogP contribution in [0.15, 0.2) is 9.98 Å². The number of nitrogens with two attached hydrogens (primary N) is 4. The van der Waals surface area contributed by atoms with Crippen LogP contribution in [0.3, 0.4) is 0 Å². The summed E-state index contributed by atoms with van der Waals surface area (Å²) in [5.41, 5.74) is 21.3. The maximum Gasteiger partial charge on any atom is 0.186 e. The number of guanidine groups is 2. The predicted molar refractivity (Wildman–Crippen MR) is 73.7 cm³/mol.